The summed E-state index contributed by atoms with van der Waals surface area (Å²) in [5.41, 5.74) is 2.18. The van der Waals surface area contributed by atoms with E-state index in [4.69, 9.17) is 39.5 Å². The quantitative estimate of drug-likeness (QED) is 0.529. The highest BCUT2D eigenvalue weighted by Gasteiger charge is 2.16. The van der Waals surface area contributed by atoms with Crippen LogP contribution in [0.5, 0.6) is 5.75 Å². The van der Waals surface area contributed by atoms with Crippen LogP contribution < -0.4 is 4.74 Å². The summed E-state index contributed by atoms with van der Waals surface area (Å²) in [5, 5.41) is 5.60. The van der Waals surface area contributed by atoms with Crippen LogP contribution in [0.3, 0.4) is 0 Å². The lowest BCUT2D eigenvalue weighted by Crippen LogP contribution is -2.27. The van der Waals surface area contributed by atoms with Crippen LogP contribution in [0, 0.1) is 0 Å². The monoisotopic (exact) mass is 437 g/mol. The normalized spacial score (nSPS) is 10.8. The van der Waals surface area contributed by atoms with Gasteiger partial charge in [-0.05, 0) is 35.9 Å². The minimum absolute atomic E-state index is 0.122. The Bertz CT molecular complexity index is 985. The Hall–Kier alpha value is -2.21. The second-order valence-electron chi connectivity index (χ2n) is 6.29. The number of benzene rings is 2. The van der Waals surface area contributed by atoms with Crippen molar-refractivity contribution in [2.45, 2.75) is 13.2 Å². The number of carbonyl (C=O) groups is 1. The first-order valence-electron chi connectivity index (χ1n) is 8.44. The molecular formula is C20H18Cl3N3O2. The molecule has 3 rings (SSSR count). The number of carbonyl (C=O) groups excluding carboxylic acids is 1. The van der Waals surface area contributed by atoms with Crippen LogP contribution in [0.15, 0.2) is 48.7 Å². The molecule has 0 saturated heterocycles. The highest BCUT2D eigenvalue weighted by Crippen LogP contribution is 2.28. The zero-order valence-corrected chi connectivity index (χ0v) is 17.6. The summed E-state index contributed by atoms with van der Waals surface area (Å²) in [6, 6.07) is 12.3. The maximum absolute atomic E-state index is 12.8. The van der Waals surface area contributed by atoms with E-state index in [1.54, 1.807) is 60.2 Å². The number of aromatic nitrogens is 2. The molecular weight excluding hydrogens is 421 g/mol. The van der Waals surface area contributed by atoms with Gasteiger partial charge in [-0.15, -0.1) is 0 Å². The summed E-state index contributed by atoms with van der Waals surface area (Å²) in [4.78, 5) is 14.4. The SMILES string of the molecule is CN(Cc1c(Cl)cnn1C)C(=O)c1cccc(COc2ccc(Cl)cc2Cl)c1. The van der Waals surface area contributed by atoms with Gasteiger partial charge in [0.1, 0.15) is 12.4 Å². The number of ether oxygens (including phenoxy) is 1. The van der Waals surface area contributed by atoms with E-state index in [9.17, 15) is 4.79 Å². The molecule has 0 aliphatic heterocycles. The molecule has 0 spiro atoms. The number of hydrogen-bond acceptors (Lipinski definition) is 3. The number of amides is 1. The van der Waals surface area contributed by atoms with Crippen LogP contribution in [-0.4, -0.2) is 27.6 Å². The predicted molar refractivity (Wildman–Crippen MR) is 111 cm³/mol. The third kappa shape index (κ3) is 4.79. The van der Waals surface area contributed by atoms with Crippen molar-refractivity contribution >= 4 is 40.7 Å². The zero-order chi connectivity index (χ0) is 20.3. The third-order valence-electron chi connectivity index (χ3n) is 4.21. The maximum atomic E-state index is 12.8. The highest BCUT2D eigenvalue weighted by atomic mass is 35.5. The van der Waals surface area contributed by atoms with Crippen molar-refractivity contribution in [2.75, 3.05) is 7.05 Å². The summed E-state index contributed by atoms with van der Waals surface area (Å²) in [5.74, 6) is 0.411. The maximum Gasteiger partial charge on any atom is 0.253 e. The second kappa shape index (κ2) is 8.86. The molecule has 1 amide bonds. The van der Waals surface area contributed by atoms with Crippen molar-refractivity contribution < 1.29 is 9.53 Å². The van der Waals surface area contributed by atoms with Gasteiger partial charge in [-0.3, -0.25) is 9.48 Å². The first-order chi connectivity index (χ1) is 13.3. The van der Waals surface area contributed by atoms with E-state index in [-0.39, 0.29) is 12.5 Å². The molecule has 1 heterocycles. The third-order valence-corrected chi connectivity index (χ3v) is 5.05. The van der Waals surface area contributed by atoms with Gasteiger partial charge in [0.2, 0.25) is 0 Å². The molecule has 8 heteroatoms. The van der Waals surface area contributed by atoms with Gasteiger partial charge < -0.3 is 9.64 Å². The van der Waals surface area contributed by atoms with E-state index in [0.717, 1.165) is 11.3 Å². The molecule has 0 unspecified atom stereocenters. The van der Waals surface area contributed by atoms with E-state index >= 15 is 0 Å². The average Bonchev–Trinajstić information content (AvgIpc) is 2.99. The molecule has 0 saturated carbocycles. The van der Waals surface area contributed by atoms with Crippen molar-refractivity contribution in [2.24, 2.45) is 7.05 Å². The Labute approximate surface area is 178 Å². The topological polar surface area (TPSA) is 47.4 Å². The van der Waals surface area contributed by atoms with Crippen molar-refractivity contribution in [3.63, 3.8) is 0 Å². The van der Waals surface area contributed by atoms with E-state index in [2.05, 4.69) is 5.10 Å². The fourth-order valence-corrected chi connectivity index (χ4v) is 3.37. The van der Waals surface area contributed by atoms with E-state index in [1.807, 2.05) is 12.1 Å². The van der Waals surface area contributed by atoms with E-state index < -0.39 is 0 Å². The molecule has 0 fully saturated rings. The van der Waals surface area contributed by atoms with Crippen molar-refractivity contribution in [3.05, 3.63) is 80.6 Å². The number of aryl methyl sites for hydroxylation is 1. The lowest BCUT2D eigenvalue weighted by molar-refractivity contribution is 0.0782. The summed E-state index contributed by atoms with van der Waals surface area (Å²) in [6.07, 6.45) is 1.56. The number of nitrogens with zero attached hydrogens (tertiary/aromatic N) is 3. The van der Waals surface area contributed by atoms with Gasteiger partial charge in [0, 0.05) is 24.7 Å². The Kier molecular flexibility index (Phi) is 6.50. The van der Waals surface area contributed by atoms with Crippen LogP contribution in [0.2, 0.25) is 15.1 Å². The van der Waals surface area contributed by atoms with Crippen LogP contribution in [0.25, 0.3) is 0 Å². The van der Waals surface area contributed by atoms with E-state index in [0.29, 0.717) is 32.9 Å². The molecule has 0 N–H and O–H groups in total. The minimum Gasteiger partial charge on any atom is -0.487 e. The molecule has 0 aliphatic rings. The molecule has 5 nitrogen and oxygen atoms in total. The summed E-state index contributed by atoms with van der Waals surface area (Å²) in [6.45, 7) is 0.634. The van der Waals surface area contributed by atoms with Crippen LogP contribution >= 0.6 is 34.8 Å². The molecule has 1 aromatic heterocycles. The standard InChI is InChI=1S/C20H18Cl3N3O2/c1-25(11-18-17(23)10-24-26(18)2)20(27)14-5-3-4-13(8-14)12-28-19-7-6-15(21)9-16(19)22/h3-10H,11-12H2,1-2H3. The van der Waals surface area contributed by atoms with Crippen molar-refractivity contribution in [1.29, 1.82) is 0 Å². The summed E-state index contributed by atoms with van der Waals surface area (Å²) < 4.78 is 7.40. The van der Waals surface area contributed by atoms with E-state index in [1.165, 1.54) is 0 Å². The lowest BCUT2D eigenvalue weighted by atomic mass is 10.1. The Balaban J connectivity index is 1.69. The van der Waals surface area contributed by atoms with Gasteiger partial charge in [0.25, 0.3) is 5.91 Å². The van der Waals surface area contributed by atoms with Gasteiger partial charge in [0.05, 0.1) is 28.5 Å². The molecule has 0 bridgehead atoms. The van der Waals surface area contributed by atoms with Crippen LogP contribution in [0.1, 0.15) is 21.6 Å². The first-order valence-corrected chi connectivity index (χ1v) is 9.57. The number of halogens is 3. The van der Waals surface area contributed by atoms with Gasteiger partial charge in [-0.2, -0.15) is 5.10 Å². The largest absolute Gasteiger partial charge is 0.487 e. The van der Waals surface area contributed by atoms with Gasteiger partial charge >= 0.3 is 0 Å². The Morgan fingerprint density at radius 1 is 1.14 bits per heavy atom. The minimum atomic E-state index is -0.122. The van der Waals surface area contributed by atoms with Crippen molar-refractivity contribution in [1.82, 2.24) is 14.7 Å². The molecule has 3 aromatic rings. The van der Waals surface area contributed by atoms with Crippen molar-refractivity contribution in [3.8, 4) is 5.75 Å². The Morgan fingerprint density at radius 2 is 1.93 bits per heavy atom. The molecule has 28 heavy (non-hydrogen) atoms. The lowest BCUT2D eigenvalue weighted by Gasteiger charge is -2.18. The first kappa shape index (κ1) is 20.5. The van der Waals surface area contributed by atoms with Crippen LogP contribution in [0.4, 0.5) is 0 Å². The average molecular weight is 439 g/mol. The van der Waals surface area contributed by atoms with Gasteiger partial charge in [0.15, 0.2) is 0 Å². The Morgan fingerprint density at radius 3 is 2.61 bits per heavy atom. The molecule has 2 aromatic carbocycles. The smallest absolute Gasteiger partial charge is 0.253 e. The zero-order valence-electron chi connectivity index (χ0n) is 15.3. The second-order valence-corrected chi connectivity index (χ2v) is 7.54. The summed E-state index contributed by atoms with van der Waals surface area (Å²) in [7, 11) is 3.52. The number of rotatable bonds is 6. The molecule has 0 aliphatic carbocycles. The molecule has 0 atom stereocenters. The summed E-state index contributed by atoms with van der Waals surface area (Å²) >= 11 is 18.1. The fourth-order valence-electron chi connectivity index (χ4n) is 2.68. The fraction of sp³-hybridized carbons (Fsp3) is 0.200. The van der Waals surface area contributed by atoms with Crippen LogP contribution in [-0.2, 0) is 20.2 Å². The number of hydrogen-bond donors (Lipinski definition) is 0. The molecule has 146 valence electrons. The van der Waals surface area contributed by atoms with Gasteiger partial charge in [-0.25, -0.2) is 0 Å². The molecule has 0 radical (unpaired) electrons. The predicted octanol–water partition coefficient (Wildman–Crippen LogP) is 5.23. The van der Waals surface area contributed by atoms with Gasteiger partial charge in [-0.1, -0.05) is 46.9 Å². The highest BCUT2D eigenvalue weighted by molar-refractivity contribution is 6.35.